The SMILES string of the molecule is O=C(C=Cc1ccc(-c2nc3ccccc3s2)o1)c1ccc(-c2cc(Cl)ccc2Cl)o1. The topological polar surface area (TPSA) is 56.2 Å². The molecule has 0 bridgehead atoms. The summed E-state index contributed by atoms with van der Waals surface area (Å²) >= 11 is 13.8. The summed E-state index contributed by atoms with van der Waals surface area (Å²) < 4.78 is 12.6. The highest BCUT2D eigenvalue weighted by molar-refractivity contribution is 7.21. The Labute approximate surface area is 191 Å². The smallest absolute Gasteiger partial charge is 0.221 e. The van der Waals surface area contributed by atoms with Crippen molar-refractivity contribution in [1.29, 1.82) is 0 Å². The van der Waals surface area contributed by atoms with Crippen LogP contribution in [0.1, 0.15) is 16.3 Å². The second-order valence-electron chi connectivity index (χ2n) is 6.67. The lowest BCUT2D eigenvalue weighted by atomic mass is 10.2. The standard InChI is InChI=1S/C24H13Cl2NO3S/c25-14-5-8-17(26)16(13-14)20-11-12-21(30-20)19(28)9-6-15-7-10-22(29-15)24-27-18-3-1-2-4-23(18)31-24/h1-13H. The molecule has 0 N–H and O–H groups in total. The zero-order chi connectivity index (χ0) is 21.4. The molecular weight excluding hydrogens is 453 g/mol. The number of thiazole rings is 1. The molecule has 4 nitrogen and oxygen atoms in total. The van der Waals surface area contributed by atoms with Crippen LogP contribution in [0.2, 0.25) is 10.0 Å². The van der Waals surface area contributed by atoms with Gasteiger partial charge in [-0.15, -0.1) is 11.3 Å². The van der Waals surface area contributed by atoms with Crippen molar-refractivity contribution in [2.24, 2.45) is 0 Å². The van der Waals surface area contributed by atoms with Crippen LogP contribution in [0.3, 0.4) is 0 Å². The Morgan fingerprint density at radius 3 is 2.65 bits per heavy atom. The first-order chi connectivity index (χ1) is 15.1. The molecule has 0 aliphatic carbocycles. The van der Waals surface area contributed by atoms with Crippen LogP contribution < -0.4 is 0 Å². The van der Waals surface area contributed by atoms with E-state index in [0.717, 1.165) is 15.2 Å². The Balaban J connectivity index is 1.34. The highest BCUT2D eigenvalue weighted by Gasteiger charge is 2.14. The van der Waals surface area contributed by atoms with Gasteiger partial charge in [0.15, 0.2) is 16.5 Å². The molecule has 0 saturated carbocycles. The monoisotopic (exact) mass is 465 g/mol. The summed E-state index contributed by atoms with van der Waals surface area (Å²) in [6, 6.07) is 19.9. The van der Waals surface area contributed by atoms with E-state index in [-0.39, 0.29) is 11.5 Å². The van der Waals surface area contributed by atoms with Crippen molar-refractivity contribution in [3.63, 3.8) is 0 Å². The van der Waals surface area contributed by atoms with Crippen molar-refractivity contribution in [2.45, 2.75) is 0 Å². The molecule has 5 rings (SSSR count). The van der Waals surface area contributed by atoms with E-state index in [2.05, 4.69) is 4.98 Å². The Morgan fingerprint density at radius 2 is 1.77 bits per heavy atom. The number of fused-ring (bicyclic) bond motifs is 1. The maximum atomic E-state index is 12.5. The van der Waals surface area contributed by atoms with E-state index >= 15 is 0 Å². The first-order valence-electron chi connectivity index (χ1n) is 9.30. The Bertz CT molecular complexity index is 1410. The van der Waals surface area contributed by atoms with Crippen LogP contribution in [0.15, 0.2) is 81.6 Å². The number of benzene rings is 2. The first-order valence-corrected chi connectivity index (χ1v) is 10.9. The highest BCUT2D eigenvalue weighted by atomic mass is 35.5. The molecule has 2 aromatic carbocycles. The summed E-state index contributed by atoms with van der Waals surface area (Å²) in [7, 11) is 0. The van der Waals surface area contributed by atoms with E-state index < -0.39 is 0 Å². The van der Waals surface area contributed by atoms with E-state index in [1.807, 2.05) is 30.3 Å². The summed E-state index contributed by atoms with van der Waals surface area (Å²) in [6.45, 7) is 0. The van der Waals surface area contributed by atoms with Gasteiger partial charge in [-0.25, -0.2) is 4.98 Å². The second kappa shape index (κ2) is 8.19. The zero-order valence-corrected chi connectivity index (χ0v) is 18.2. The molecule has 0 radical (unpaired) electrons. The molecule has 0 aliphatic rings. The van der Waals surface area contributed by atoms with Gasteiger partial charge in [-0.3, -0.25) is 4.79 Å². The number of halogens is 2. The van der Waals surface area contributed by atoms with Crippen LogP contribution >= 0.6 is 34.5 Å². The lowest BCUT2D eigenvalue weighted by Crippen LogP contribution is -1.90. The van der Waals surface area contributed by atoms with Crippen molar-refractivity contribution in [3.05, 3.63) is 94.4 Å². The van der Waals surface area contributed by atoms with Crippen molar-refractivity contribution in [3.8, 4) is 22.1 Å². The molecule has 0 amide bonds. The van der Waals surface area contributed by atoms with Crippen LogP contribution in [0.25, 0.3) is 38.4 Å². The third-order valence-electron chi connectivity index (χ3n) is 4.57. The fourth-order valence-corrected chi connectivity index (χ4v) is 4.39. The minimum absolute atomic E-state index is 0.195. The highest BCUT2D eigenvalue weighted by Crippen LogP contribution is 2.33. The number of carbonyl (C=O) groups is 1. The molecule has 0 saturated heterocycles. The number of nitrogens with zero attached hydrogens (tertiary/aromatic N) is 1. The van der Waals surface area contributed by atoms with Gasteiger partial charge >= 0.3 is 0 Å². The Hall–Kier alpha value is -3.12. The molecule has 5 aromatic rings. The lowest BCUT2D eigenvalue weighted by Gasteiger charge is -2.01. The molecule has 3 aromatic heterocycles. The fraction of sp³-hybridized carbons (Fsp3) is 0. The summed E-state index contributed by atoms with van der Waals surface area (Å²) in [5.74, 6) is 1.58. The van der Waals surface area contributed by atoms with E-state index in [9.17, 15) is 4.79 Å². The van der Waals surface area contributed by atoms with Crippen molar-refractivity contribution in [2.75, 3.05) is 0 Å². The van der Waals surface area contributed by atoms with Gasteiger partial charge in [0.05, 0.1) is 15.2 Å². The maximum Gasteiger partial charge on any atom is 0.221 e. The van der Waals surface area contributed by atoms with Crippen LogP contribution in [0, 0.1) is 0 Å². The van der Waals surface area contributed by atoms with Gasteiger partial charge in [0.2, 0.25) is 5.78 Å². The van der Waals surface area contributed by atoms with Gasteiger partial charge < -0.3 is 8.83 Å². The van der Waals surface area contributed by atoms with Gasteiger partial charge in [-0.1, -0.05) is 35.3 Å². The average molecular weight is 466 g/mol. The van der Waals surface area contributed by atoms with Crippen molar-refractivity contribution < 1.29 is 13.6 Å². The van der Waals surface area contributed by atoms with Crippen molar-refractivity contribution in [1.82, 2.24) is 4.98 Å². The van der Waals surface area contributed by atoms with E-state index in [4.69, 9.17) is 32.0 Å². The van der Waals surface area contributed by atoms with Gasteiger partial charge in [0.25, 0.3) is 0 Å². The van der Waals surface area contributed by atoms with E-state index in [1.54, 1.807) is 53.8 Å². The molecule has 3 heterocycles. The third-order valence-corrected chi connectivity index (χ3v) is 6.19. The number of carbonyl (C=O) groups excluding carboxylic acids is 1. The largest absolute Gasteiger partial charge is 0.454 e. The predicted molar refractivity (Wildman–Crippen MR) is 125 cm³/mol. The molecule has 0 atom stereocenters. The number of hydrogen-bond acceptors (Lipinski definition) is 5. The number of rotatable bonds is 5. The van der Waals surface area contributed by atoms with Crippen LogP contribution in [0.5, 0.6) is 0 Å². The lowest BCUT2D eigenvalue weighted by molar-refractivity contribution is 0.102. The van der Waals surface area contributed by atoms with Crippen LogP contribution in [-0.2, 0) is 0 Å². The second-order valence-corrected chi connectivity index (χ2v) is 8.55. The van der Waals surface area contributed by atoms with Gasteiger partial charge in [0, 0.05) is 10.6 Å². The number of hydrogen-bond donors (Lipinski definition) is 0. The quantitative estimate of drug-likeness (QED) is 0.194. The number of ketones is 1. The molecule has 0 unspecified atom stereocenters. The van der Waals surface area contributed by atoms with Gasteiger partial charge in [-0.05, 0) is 66.7 Å². The maximum absolute atomic E-state index is 12.5. The normalized spacial score (nSPS) is 11.5. The molecule has 152 valence electrons. The van der Waals surface area contributed by atoms with Gasteiger partial charge in [-0.2, -0.15) is 0 Å². The molecule has 0 fully saturated rings. The molecular formula is C24H13Cl2NO3S. The average Bonchev–Trinajstić information content (AvgIpc) is 3.52. The molecule has 0 aliphatic heterocycles. The minimum atomic E-state index is -0.290. The number of para-hydroxylation sites is 1. The summed E-state index contributed by atoms with van der Waals surface area (Å²) in [4.78, 5) is 17.1. The number of aromatic nitrogens is 1. The van der Waals surface area contributed by atoms with Crippen LogP contribution in [-0.4, -0.2) is 10.8 Å². The van der Waals surface area contributed by atoms with Crippen LogP contribution in [0.4, 0.5) is 0 Å². The molecule has 7 heteroatoms. The molecule has 31 heavy (non-hydrogen) atoms. The predicted octanol–water partition coefficient (Wildman–Crippen LogP) is 8.02. The minimum Gasteiger partial charge on any atom is -0.454 e. The number of furan rings is 2. The van der Waals surface area contributed by atoms with E-state index in [0.29, 0.717) is 32.9 Å². The zero-order valence-electron chi connectivity index (χ0n) is 15.8. The summed E-state index contributed by atoms with van der Waals surface area (Å²) in [6.07, 6.45) is 3.01. The fourth-order valence-electron chi connectivity index (χ4n) is 3.08. The summed E-state index contributed by atoms with van der Waals surface area (Å²) in [5.41, 5.74) is 1.56. The Morgan fingerprint density at radius 1 is 0.935 bits per heavy atom. The van der Waals surface area contributed by atoms with Crippen molar-refractivity contribution >= 4 is 56.6 Å². The Kier molecular flexibility index (Phi) is 5.24. The van der Waals surface area contributed by atoms with Gasteiger partial charge in [0.1, 0.15) is 11.5 Å². The number of allylic oxidation sites excluding steroid dienone is 1. The molecule has 0 spiro atoms. The first kappa shape index (κ1) is 19.8. The summed E-state index contributed by atoms with van der Waals surface area (Å²) in [5, 5.41) is 1.82. The van der Waals surface area contributed by atoms with E-state index in [1.165, 1.54) is 6.08 Å². The third kappa shape index (κ3) is 4.08.